The standard InChI is InChI=1S/C13H15FN2/c14-10-3-1-4-11-12(10)9(7-16-11)13(8-15)5-2-6-13/h1,3-4,7,16H,2,5-6,8,15H2. The monoisotopic (exact) mass is 218 g/mol. The molecule has 1 heterocycles. The van der Waals surface area contributed by atoms with Crippen LogP contribution in [0.15, 0.2) is 24.4 Å². The van der Waals surface area contributed by atoms with Crippen LogP contribution in [0.1, 0.15) is 24.8 Å². The largest absolute Gasteiger partial charge is 0.361 e. The van der Waals surface area contributed by atoms with Gasteiger partial charge in [0.2, 0.25) is 0 Å². The van der Waals surface area contributed by atoms with E-state index in [9.17, 15) is 4.39 Å². The van der Waals surface area contributed by atoms with Crippen molar-refractivity contribution < 1.29 is 4.39 Å². The molecular weight excluding hydrogens is 203 g/mol. The minimum Gasteiger partial charge on any atom is -0.361 e. The first kappa shape index (κ1) is 9.85. The van der Waals surface area contributed by atoms with Crippen LogP contribution in [-0.4, -0.2) is 11.5 Å². The van der Waals surface area contributed by atoms with Crippen molar-refractivity contribution in [2.45, 2.75) is 24.7 Å². The van der Waals surface area contributed by atoms with E-state index in [1.807, 2.05) is 12.3 Å². The third-order valence-corrected chi connectivity index (χ3v) is 3.93. The first-order valence-corrected chi connectivity index (χ1v) is 5.73. The molecule has 0 spiro atoms. The van der Waals surface area contributed by atoms with Crippen molar-refractivity contribution in [1.82, 2.24) is 4.98 Å². The van der Waals surface area contributed by atoms with Crippen LogP contribution in [0.25, 0.3) is 10.9 Å². The van der Waals surface area contributed by atoms with Crippen molar-refractivity contribution in [3.05, 3.63) is 35.8 Å². The Hall–Kier alpha value is -1.35. The van der Waals surface area contributed by atoms with Crippen molar-refractivity contribution in [1.29, 1.82) is 0 Å². The zero-order valence-corrected chi connectivity index (χ0v) is 9.09. The summed E-state index contributed by atoms with van der Waals surface area (Å²) in [6.45, 7) is 0.605. The lowest BCUT2D eigenvalue weighted by Gasteiger charge is -2.41. The Morgan fingerprint density at radius 1 is 1.38 bits per heavy atom. The smallest absolute Gasteiger partial charge is 0.132 e. The summed E-state index contributed by atoms with van der Waals surface area (Å²) in [6.07, 6.45) is 5.27. The van der Waals surface area contributed by atoms with Gasteiger partial charge in [-0.1, -0.05) is 12.5 Å². The van der Waals surface area contributed by atoms with E-state index in [0.717, 1.165) is 29.3 Å². The van der Waals surface area contributed by atoms with E-state index in [1.165, 1.54) is 12.5 Å². The van der Waals surface area contributed by atoms with Gasteiger partial charge in [-0.25, -0.2) is 4.39 Å². The molecule has 3 rings (SSSR count). The maximum atomic E-state index is 13.8. The van der Waals surface area contributed by atoms with E-state index in [-0.39, 0.29) is 11.2 Å². The van der Waals surface area contributed by atoms with Gasteiger partial charge in [0.05, 0.1) is 0 Å². The molecule has 84 valence electrons. The van der Waals surface area contributed by atoms with E-state index in [1.54, 1.807) is 6.07 Å². The van der Waals surface area contributed by atoms with Gasteiger partial charge >= 0.3 is 0 Å². The molecule has 16 heavy (non-hydrogen) atoms. The highest BCUT2D eigenvalue weighted by Gasteiger charge is 2.39. The summed E-state index contributed by atoms with van der Waals surface area (Å²) in [5, 5.41) is 0.729. The van der Waals surface area contributed by atoms with Gasteiger partial charge < -0.3 is 10.7 Å². The van der Waals surface area contributed by atoms with Crippen LogP contribution in [0.5, 0.6) is 0 Å². The molecule has 2 nitrogen and oxygen atoms in total. The van der Waals surface area contributed by atoms with Gasteiger partial charge in [0, 0.05) is 29.1 Å². The van der Waals surface area contributed by atoms with Gasteiger partial charge in [-0.3, -0.25) is 0 Å². The second kappa shape index (κ2) is 3.32. The predicted molar refractivity (Wildman–Crippen MR) is 62.8 cm³/mol. The van der Waals surface area contributed by atoms with Crippen molar-refractivity contribution in [2.75, 3.05) is 6.54 Å². The van der Waals surface area contributed by atoms with Crippen LogP contribution in [0, 0.1) is 5.82 Å². The highest BCUT2D eigenvalue weighted by molar-refractivity contribution is 5.85. The number of nitrogens with one attached hydrogen (secondary N) is 1. The van der Waals surface area contributed by atoms with Crippen molar-refractivity contribution in [2.24, 2.45) is 5.73 Å². The summed E-state index contributed by atoms with van der Waals surface area (Å²) >= 11 is 0. The Kier molecular flexibility index (Phi) is 2.04. The van der Waals surface area contributed by atoms with Gasteiger partial charge in [0.15, 0.2) is 0 Å². The Labute approximate surface area is 93.6 Å². The Morgan fingerprint density at radius 3 is 2.81 bits per heavy atom. The van der Waals surface area contributed by atoms with Crippen LogP contribution in [-0.2, 0) is 5.41 Å². The van der Waals surface area contributed by atoms with E-state index in [4.69, 9.17) is 5.73 Å². The zero-order valence-electron chi connectivity index (χ0n) is 9.09. The van der Waals surface area contributed by atoms with Crippen LogP contribution in [0.2, 0.25) is 0 Å². The van der Waals surface area contributed by atoms with Gasteiger partial charge in [-0.15, -0.1) is 0 Å². The van der Waals surface area contributed by atoms with Gasteiger partial charge in [-0.2, -0.15) is 0 Å². The fraction of sp³-hybridized carbons (Fsp3) is 0.385. The number of aromatic amines is 1. The lowest BCUT2D eigenvalue weighted by atomic mass is 9.64. The topological polar surface area (TPSA) is 41.8 Å². The minimum atomic E-state index is -0.145. The maximum absolute atomic E-state index is 13.8. The fourth-order valence-electron chi connectivity index (χ4n) is 2.75. The fourth-order valence-corrected chi connectivity index (χ4v) is 2.75. The average Bonchev–Trinajstić information content (AvgIpc) is 2.63. The predicted octanol–water partition coefficient (Wildman–Crippen LogP) is 2.69. The Balaban J connectivity index is 2.24. The number of fused-ring (bicyclic) bond motifs is 1. The molecule has 0 unspecified atom stereocenters. The van der Waals surface area contributed by atoms with Crippen molar-refractivity contribution >= 4 is 10.9 Å². The molecule has 0 bridgehead atoms. The van der Waals surface area contributed by atoms with Crippen molar-refractivity contribution in [3.8, 4) is 0 Å². The molecule has 0 aliphatic heterocycles. The zero-order chi connectivity index (χ0) is 11.2. The van der Waals surface area contributed by atoms with Crippen LogP contribution >= 0.6 is 0 Å². The molecule has 3 heteroatoms. The second-order valence-corrected chi connectivity index (χ2v) is 4.70. The molecule has 1 aromatic carbocycles. The summed E-state index contributed by atoms with van der Waals surface area (Å²) in [7, 11) is 0. The van der Waals surface area contributed by atoms with E-state index in [0.29, 0.717) is 6.54 Å². The van der Waals surface area contributed by atoms with Crippen LogP contribution in [0.3, 0.4) is 0 Å². The van der Waals surface area contributed by atoms with Crippen LogP contribution < -0.4 is 5.73 Å². The van der Waals surface area contributed by atoms with Crippen molar-refractivity contribution in [3.63, 3.8) is 0 Å². The molecule has 2 aromatic rings. The number of hydrogen-bond acceptors (Lipinski definition) is 1. The number of hydrogen-bond donors (Lipinski definition) is 2. The van der Waals surface area contributed by atoms with E-state index < -0.39 is 0 Å². The molecule has 1 aliphatic carbocycles. The lowest BCUT2D eigenvalue weighted by molar-refractivity contribution is 0.255. The molecule has 1 aromatic heterocycles. The molecule has 0 radical (unpaired) electrons. The quantitative estimate of drug-likeness (QED) is 0.799. The van der Waals surface area contributed by atoms with Gasteiger partial charge in [0.25, 0.3) is 0 Å². The first-order chi connectivity index (χ1) is 7.77. The lowest BCUT2D eigenvalue weighted by Crippen LogP contribution is -2.41. The Bertz CT molecular complexity index is 520. The minimum absolute atomic E-state index is 0.0143. The van der Waals surface area contributed by atoms with Gasteiger partial charge in [0.1, 0.15) is 5.82 Å². The average molecular weight is 218 g/mol. The number of H-pyrrole nitrogens is 1. The summed E-state index contributed by atoms with van der Waals surface area (Å²) in [5.41, 5.74) is 7.81. The first-order valence-electron chi connectivity index (χ1n) is 5.73. The number of aromatic nitrogens is 1. The molecule has 1 fully saturated rings. The third-order valence-electron chi connectivity index (χ3n) is 3.93. The van der Waals surface area contributed by atoms with E-state index >= 15 is 0 Å². The number of benzene rings is 1. The molecular formula is C13H15FN2. The SMILES string of the molecule is NCC1(c2c[nH]c3cccc(F)c23)CCC1. The molecule has 0 atom stereocenters. The molecule has 0 saturated heterocycles. The maximum Gasteiger partial charge on any atom is 0.132 e. The molecule has 3 N–H and O–H groups in total. The molecule has 0 amide bonds. The van der Waals surface area contributed by atoms with E-state index in [2.05, 4.69) is 4.98 Å². The number of halogens is 1. The molecule has 1 aliphatic rings. The third kappa shape index (κ3) is 1.15. The summed E-state index contributed by atoms with van der Waals surface area (Å²) in [4.78, 5) is 3.14. The summed E-state index contributed by atoms with van der Waals surface area (Å²) in [6, 6.07) is 5.15. The number of nitrogens with two attached hydrogens (primary N) is 1. The molecule has 1 saturated carbocycles. The Morgan fingerprint density at radius 2 is 2.19 bits per heavy atom. The second-order valence-electron chi connectivity index (χ2n) is 4.70. The highest BCUT2D eigenvalue weighted by atomic mass is 19.1. The van der Waals surface area contributed by atoms with Gasteiger partial charge in [-0.05, 0) is 30.5 Å². The summed E-state index contributed by atoms with van der Waals surface area (Å²) in [5.74, 6) is -0.145. The number of rotatable bonds is 2. The summed E-state index contributed by atoms with van der Waals surface area (Å²) < 4.78 is 13.8. The highest BCUT2D eigenvalue weighted by Crippen LogP contribution is 2.45. The van der Waals surface area contributed by atoms with Crippen LogP contribution in [0.4, 0.5) is 4.39 Å². The normalized spacial score (nSPS) is 18.6.